The summed E-state index contributed by atoms with van der Waals surface area (Å²) in [6.45, 7) is 8.46. The molecule has 0 bridgehead atoms. The highest BCUT2D eigenvalue weighted by Crippen LogP contribution is 2.21. The Morgan fingerprint density at radius 3 is 2.24 bits per heavy atom. The summed E-state index contributed by atoms with van der Waals surface area (Å²) in [5.74, 6) is 0.209. The molecule has 29 heavy (non-hydrogen) atoms. The summed E-state index contributed by atoms with van der Waals surface area (Å²) in [6, 6.07) is 17.6. The Bertz CT molecular complexity index is 777. The van der Waals surface area contributed by atoms with Gasteiger partial charge in [0.2, 0.25) is 11.8 Å². The lowest BCUT2D eigenvalue weighted by molar-refractivity contribution is -0.139. The summed E-state index contributed by atoms with van der Waals surface area (Å²) in [5, 5.41) is 3.04. The largest absolute Gasteiger partial charge is 0.352 e. The van der Waals surface area contributed by atoms with Crippen molar-refractivity contribution < 1.29 is 9.59 Å². The van der Waals surface area contributed by atoms with Crippen LogP contribution in [-0.4, -0.2) is 34.6 Å². The molecule has 0 spiro atoms. The quantitative estimate of drug-likeness (QED) is 0.570. The predicted molar refractivity (Wildman–Crippen MR) is 121 cm³/mol. The van der Waals surface area contributed by atoms with E-state index in [4.69, 9.17) is 0 Å². The minimum absolute atomic E-state index is 0.0226. The summed E-state index contributed by atoms with van der Waals surface area (Å²) in [4.78, 5) is 28.8. The number of rotatable bonds is 10. The van der Waals surface area contributed by atoms with Gasteiger partial charge in [-0.2, -0.15) is 0 Å². The van der Waals surface area contributed by atoms with Crippen molar-refractivity contribution in [3.05, 3.63) is 65.7 Å². The number of nitrogens with one attached hydrogen (secondary N) is 1. The van der Waals surface area contributed by atoms with Crippen LogP contribution in [0.5, 0.6) is 0 Å². The standard InChI is InChI=1S/C24H32N2O2S/c1-5-19(4)25-24(28)22(6-2)26(16-20-10-8-7-9-11-20)23(27)17-29-21-14-12-18(3)13-15-21/h7-15,19,22H,5-6,16-17H2,1-4H3,(H,25,28)/t19-,22+/m0/s1. The van der Waals surface area contributed by atoms with Crippen LogP contribution >= 0.6 is 11.8 Å². The van der Waals surface area contributed by atoms with Crippen molar-refractivity contribution in [2.75, 3.05) is 5.75 Å². The average Bonchev–Trinajstić information content (AvgIpc) is 2.73. The van der Waals surface area contributed by atoms with Crippen LogP contribution in [0.15, 0.2) is 59.5 Å². The van der Waals surface area contributed by atoms with Crippen molar-refractivity contribution in [3.8, 4) is 0 Å². The highest BCUT2D eigenvalue weighted by atomic mass is 32.2. The summed E-state index contributed by atoms with van der Waals surface area (Å²) >= 11 is 1.51. The van der Waals surface area contributed by atoms with E-state index in [1.807, 2.05) is 82.3 Å². The first-order valence-corrected chi connectivity index (χ1v) is 11.3. The second-order valence-corrected chi connectivity index (χ2v) is 8.40. The van der Waals surface area contributed by atoms with Gasteiger partial charge in [-0.25, -0.2) is 0 Å². The summed E-state index contributed by atoms with van der Waals surface area (Å²) < 4.78 is 0. The van der Waals surface area contributed by atoms with Crippen molar-refractivity contribution in [2.45, 2.75) is 64.1 Å². The van der Waals surface area contributed by atoms with Crippen molar-refractivity contribution >= 4 is 23.6 Å². The number of aryl methyl sites for hydroxylation is 1. The Kier molecular flexibility index (Phi) is 9.26. The number of carbonyl (C=O) groups is 2. The first kappa shape index (κ1) is 23.0. The van der Waals surface area contributed by atoms with E-state index in [2.05, 4.69) is 5.32 Å². The molecule has 0 aromatic heterocycles. The fourth-order valence-electron chi connectivity index (χ4n) is 3.00. The van der Waals surface area contributed by atoms with Gasteiger partial charge < -0.3 is 10.2 Å². The Morgan fingerprint density at radius 1 is 1.00 bits per heavy atom. The van der Waals surface area contributed by atoms with E-state index in [0.717, 1.165) is 16.9 Å². The van der Waals surface area contributed by atoms with Gasteiger partial charge >= 0.3 is 0 Å². The van der Waals surface area contributed by atoms with Crippen LogP contribution in [-0.2, 0) is 16.1 Å². The number of benzene rings is 2. The molecule has 0 aliphatic rings. The number of hydrogen-bond donors (Lipinski definition) is 1. The number of amides is 2. The minimum atomic E-state index is -0.477. The van der Waals surface area contributed by atoms with E-state index in [9.17, 15) is 9.59 Å². The van der Waals surface area contributed by atoms with E-state index in [0.29, 0.717) is 18.7 Å². The molecule has 5 heteroatoms. The third kappa shape index (κ3) is 7.24. The summed E-state index contributed by atoms with van der Waals surface area (Å²) in [6.07, 6.45) is 1.44. The van der Waals surface area contributed by atoms with Crippen LogP contribution in [0.1, 0.15) is 44.7 Å². The lowest BCUT2D eigenvalue weighted by atomic mass is 10.1. The molecule has 0 saturated carbocycles. The second kappa shape index (κ2) is 11.7. The molecule has 0 radical (unpaired) electrons. The molecule has 2 aromatic rings. The lowest BCUT2D eigenvalue weighted by Crippen LogP contribution is -2.51. The zero-order valence-electron chi connectivity index (χ0n) is 17.9. The molecule has 2 rings (SSSR count). The van der Waals surface area contributed by atoms with Gasteiger partial charge in [0.1, 0.15) is 6.04 Å². The first-order chi connectivity index (χ1) is 13.9. The van der Waals surface area contributed by atoms with E-state index >= 15 is 0 Å². The first-order valence-electron chi connectivity index (χ1n) is 10.3. The highest BCUT2D eigenvalue weighted by Gasteiger charge is 2.29. The van der Waals surface area contributed by atoms with Gasteiger partial charge in [-0.15, -0.1) is 11.8 Å². The van der Waals surface area contributed by atoms with Crippen molar-refractivity contribution in [1.82, 2.24) is 10.2 Å². The van der Waals surface area contributed by atoms with Crippen molar-refractivity contribution in [2.24, 2.45) is 0 Å². The molecule has 0 saturated heterocycles. The molecule has 0 fully saturated rings. The average molecular weight is 413 g/mol. The fourth-order valence-corrected chi connectivity index (χ4v) is 3.79. The number of thioether (sulfide) groups is 1. The zero-order chi connectivity index (χ0) is 21.2. The SMILES string of the molecule is CC[C@H](C(=O)N[C@@H](C)CC)N(Cc1ccccc1)C(=O)CSc1ccc(C)cc1. The molecule has 4 nitrogen and oxygen atoms in total. The molecular weight excluding hydrogens is 380 g/mol. The molecule has 0 heterocycles. The molecule has 2 atom stereocenters. The van der Waals surface area contributed by atoms with Crippen LogP contribution < -0.4 is 5.32 Å². The smallest absolute Gasteiger partial charge is 0.243 e. The maximum absolute atomic E-state index is 13.2. The monoisotopic (exact) mass is 412 g/mol. The maximum Gasteiger partial charge on any atom is 0.243 e. The second-order valence-electron chi connectivity index (χ2n) is 7.35. The zero-order valence-corrected chi connectivity index (χ0v) is 18.7. The Hall–Kier alpha value is -2.27. The Morgan fingerprint density at radius 2 is 1.66 bits per heavy atom. The van der Waals surface area contributed by atoms with Crippen LogP contribution in [0.3, 0.4) is 0 Å². The third-order valence-corrected chi connectivity index (χ3v) is 5.96. The lowest BCUT2D eigenvalue weighted by Gasteiger charge is -2.31. The third-order valence-electron chi connectivity index (χ3n) is 4.97. The molecular formula is C24H32N2O2S. The summed E-state index contributed by atoms with van der Waals surface area (Å²) in [7, 11) is 0. The van der Waals surface area contributed by atoms with E-state index < -0.39 is 6.04 Å². The maximum atomic E-state index is 13.2. The van der Waals surface area contributed by atoms with Crippen LogP contribution in [0, 0.1) is 6.92 Å². The Balaban J connectivity index is 2.16. The van der Waals surface area contributed by atoms with Gasteiger partial charge in [0, 0.05) is 17.5 Å². The summed E-state index contributed by atoms with van der Waals surface area (Å²) in [5.41, 5.74) is 2.22. The molecule has 2 aromatic carbocycles. The van der Waals surface area contributed by atoms with Gasteiger partial charge in [0.15, 0.2) is 0 Å². The predicted octanol–water partition coefficient (Wildman–Crippen LogP) is 4.81. The van der Waals surface area contributed by atoms with Crippen molar-refractivity contribution in [1.29, 1.82) is 0 Å². The number of hydrogen-bond acceptors (Lipinski definition) is 3. The van der Waals surface area contributed by atoms with Crippen LogP contribution in [0.25, 0.3) is 0 Å². The minimum Gasteiger partial charge on any atom is -0.352 e. The van der Waals surface area contributed by atoms with Gasteiger partial charge in [-0.1, -0.05) is 61.9 Å². The van der Waals surface area contributed by atoms with E-state index in [1.54, 1.807) is 4.90 Å². The molecule has 156 valence electrons. The van der Waals surface area contributed by atoms with E-state index in [1.165, 1.54) is 17.3 Å². The topological polar surface area (TPSA) is 49.4 Å². The molecule has 0 unspecified atom stereocenters. The van der Waals surface area contributed by atoms with Crippen LogP contribution in [0.2, 0.25) is 0 Å². The fraction of sp³-hybridized carbons (Fsp3) is 0.417. The van der Waals surface area contributed by atoms with Gasteiger partial charge in [-0.05, 0) is 44.4 Å². The van der Waals surface area contributed by atoms with Crippen molar-refractivity contribution in [3.63, 3.8) is 0 Å². The normalized spacial score (nSPS) is 12.8. The number of nitrogens with zero attached hydrogens (tertiary/aromatic N) is 1. The highest BCUT2D eigenvalue weighted by molar-refractivity contribution is 8.00. The van der Waals surface area contributed by atoms with Gasteiger partial charge in [0.05, 0.1) is 5.75 Å². The Labute approximate surface area is 179 Å². The molecule has 2 amide bonds. The molecule has 0 aliphatic heterocycles. The van der Waals surface area contributed by atoms with Crippen LogP contribution in [0.4, 0.5) is 0 Å². The van der Waals surface area contributed by atoms with Gasteiger partial charge in [-0.3, -0.25) is 9.59 Å². The van der Waals surface area contributed by atoms with E-state index in [-0.39, 0.29) is 17.9 Å². The molecule has 0 aliphatic carbocycles. The molecule has 1 N–H and O–H groups in total. The van der Waals surface area contributed by atoms with Gasteiger partial charge in [0.25, 0.3) is 0 Å². The number of carbonyl (C=O) groups excluding carboxylic acids is 2.